The van der Waals surface area contributed by atoms with Crippen molar-refractivity contribution in [1.82, 2.24) is 0 Å². The molecule has 6 aliphatic rings. The molecule has 0 amide bonds. The van der Waals surface area contributed by atoms with E-state index in [1.807, 2.05) is 0 Å². The number of benzene rings is 5. The Morgan fingerprint density at radius 2 is 0.623 bits per heavy atom. The van der Waals surface area contributed by atoms with Gasteiger partial charge in [0.25, 0.3) is 6.71 Å². The Morgan fingerprint density at radius 3 is 0.967 bits per heavy atom. The van der Waals surface area contributed by atoms with E-state index in [1.165, 1.54) is 83.6 Å². The van der Waals surface area contributed by atoms with Crippen LogP contribution in [0.15, 0.2) is 78.9 Å². The lowest BCUT2D eigenvalue weighted by Gasteiger charge is -2.45. The van der Waals surface area contributed by atoms with Gasteiger partial charge < -0.3 is 28.7 Å². The van der Waals surface area contributed by atoms with Crippen LogP contribution in [0.2, 0.25) is 0 Å². The number of rotatable bonds is 2. The van der Waals surface area contributed by atoms with Crippen molar-refractivity contribution in [3.05, 3.63) is 123 Å². The summed E-state index contributed by atoms with van der Waals surface area (Å²) in [6.45, 7) is 35.3. The van der Waals surface area contributed by atoms with Gasteiger partial charge in [0.05, 0.1) is 44.8 Å². The molecule has 11 rings (SSSR count). The highest BCUT2D eigenvalue weighted by atomic mass is 16.5. The third-order valence-electron chi connectivity index (χ3n) is 15.0. The maximum atomic E-state index is 6.91. The van der Waals surface area contributed by atoms with Crippen LogP contribution in [0.4, 0.5) is 34.1 Å². The van der Waals surface area contributed by atoms with Gasteiger partial charge in [0.1, 0.15) is 0 Å². The first-order chi connectivity index (χ1) is 28.2. The predicted octanol–water partition coefficient (Wildman–Crippen LogP) is 11.8. The van der Waals surface area contributed by atoms with Crippen molar-refractivity contribution in [2.45, 2.75) is 156 Å². The summed E-state index contributed by atoms with van der Waals surface area (Å²) in [7, 11) is 0. The van der Waals surface area contributed by atoms with E-state index in [4.69, 9.17) is 18.9 Å². The molecule has 6 heterocycles. The molecule has 0 saturated heterocycles. The molecular formula is C54H61BN2O4. The van der Waals surface area contributed by atoms with E-state index in [2.05, 4.69) is 199 Å². The highest BCUT2D eigenvalue weighted by Crippen LogP contribution is 2.55. The maximum absolute atomic E-state index is 6.91. The number of fused-ring (bicyclic) bond motifs is 8. The Morgan fingerprint density at radius 1 is 0.328 bits per heavy atom. The number of anilines is 6. The van der Waals surface area contributed by atoms with Crippen molar-refractivity contribution in [3.63, 3.8) is 0 Å². The van der Waals surface area contributed by atoms with Crippen LogP contribution in [-0.2, 0) is 63.8 Å². The van der Waals surface area contributed by atoms with Gasteiger partial charge in [-0.25, -0.2) is 0 Å². The molecule has 0 fully saturated rings. The second kappa shape index (κ2) is 11.4. The number of ether oxygens (including phenoxy) is 4. The highest BCUT2D eigenvalue weighted by Gasteiger charge is 2.52. The standard InChI is InChI=1S/C54H61BN2O4/c1-47(2)32-22-20-30(24-34(32)49(5,6)58-47)56-42-18-17-19-43-46(42)55(40-26-36-38(28-44(40)56)53(13,14)60-51(36,9)10)41-27-37-39(54(15,16)61-52(37,11)12)29-45(41)57(43)31-21-23-33-35(25-31)50(7,8)59-48(33,3)4/h17-29H,1-16H3. The molecule has 0 spiro atoms. The van der Waals surface area contributed by atoms with Crippen molar-refractivity contribution < 1.29 is 18.9 Å². The minimum Gasteiger partial charge on any atom is -0.360 e. The van der Waals surface area contributed by atoms with E-state index in [1.54, 1.807) is 0 Å². The van der Waals surface area contributed by atoms with Crippen LogP contribution < -0.4 is 26.2 Å². The van der Waals surface area contributed by atoms with E-state index in [0.29, 0.717) is 0 Å². The number of hydrogen-bond acceptors (Lipinski definition) is 6. The maximum Gasteiger partial charge on any atom is 0.252 e. The quantitative estimate of drug-likeness (QED) is 0.162. The van der Waals surface area contributed by atoms with Gasteiger partial charge in [-0.3, -0.25) is 0 Å². The van der Waals surface area contributed by atoms with Crippen LogP contribution in [0.25, 0.3) is 0 Å². The summed E-state index contributed by atoms with van der Waals surface area (Å²) < 4.78 is 27.3. The average Bonchev–Trinajstić information content (AvgIpc) is 3.62. The van der Waals surface area contributed by atoms with Crippen LogP contribution in [0, 0.1) is 0 Å². The number of nitrogens with zero attached hydrogens (tertiary/aromatic N) is 2. The van der Waals surface area contributed by atoms with Crippen LogP contribution in [-0.4, -0.2) is 6.71 Å². The van der Waals surface area contributed by atoms with Gasteiger partial charge in [0, 0.05) is 34.1 Å². The Labute approximate surface area is 363 Å². The van der Waals surface area contributed by atoms with Crippen LogP contribution >= 0.6 is 0 Å². The summed E-state index contributed by atoms with van der Waals surface area (Å²) in [4.78, 5) is 5.06. The monoisotopic (exact) mass is 812 g/mol. The molecule has 0 N–H and O–H groups in total. The fourth-order valence-corrected chi connectivity index (χ4v) is 13.0. The van der Waals surface area contributed by atoms with Gasteiger partial charge in [-0.2, -0.15) is 0 Å². The third-order valence-corrected chi connectivity index (χ3v) is 15.0. The molecule has 6 nitrogen and oxygen atoms in total. The molecule has 0 aliphatic carbocycles. The first-order valence-corrected chi connectivity index (χ1v) is 22.4. The molecule has 0 unspecified atom stereocenters. The molecule has 7 heteroatoms. The molecule has 5 aromatic rings. The van der Waals surface area contributed by atoms with Crippen molar-refractivity contribution in [2.75, 3.05) is 9.80 Å². The zero-order chi connectivity index (χ0) is 43.6. The summed E-state index contributed by atoms with van der Waals surface area (Å²) in [5.74, 6) is 0. The van der Waals surface area contributed by atoms with E-state index >= 15 is 0 Å². The molecule has 61 heavy (non-hydrogen) atoms. The molecule has 0 aromatic heterocycles. The number of hydrogen-bond donors (Lipinski definition) is 0. The molecule has 0 atom stereocenters. The summed E-state index contributed by atoms with van der Waals surface area (Å²) in [6.07, 6.45) is 0. The molecular weight excluding hydrogens is 751 g/mol. The van der Waals surface area contributed by atoms with Crippen LogP contribution in [0.1, 0.15) is 155 Å². The fraction of sp³-hybridized carbons (Fsp3) is 0.444. The second-order valence-corrected chi connectivity index (χ2v) is 22.7. The lowest BCUT2D eigenvalue weighted by molar-refractivity contribution is -0.105. The SMILES string of the molecule is CC1(C)OC(C)(C)c2cc(N3c4cc5c(cc4B4c6cc7c(cc6N(c6ccc8c(c6)C(C)(C)OC8(C)C)c6cccc3c64)C(C)(C)OC7(C)C)C(C)(C)OC5(C)C)ccc21. The Balaban J connectivity index is 1.24. The highest BCUT2D eigenvalue weighted by molar-refractivity contribution is 7.00. The van der Waals surface area contributed by atoms with Gasteiger partial charge in [0.15, 0.2) is 0 Å². The molecule has 0 radical (unpaired) electrons. The first-order valence-electron chi connectivity index (χ1n) is 22.4. The lowest BCUT2D eigenvalue weighted by atomic mass is 9.33. The Bertz CT molecular complexity index is 2620. The van der Waals surface area contributed by atoms with Crippen LogP contribution in [0.5, 0.6) is 0 Å². The lowest BCUT2D eigenvalue weighted by Crippen LogP contribution is -2.61. The largest absolute Gasteiger partial charge is 0.360 e. The Kier molecular flexibility index (Phi) is 7.37. The third kappa shape index (κ3) is 5.18. The second-order valence-electron chi connectivity index (χ2n) is 22.7. The first kappa shape index (κ1) is 39.5. The summed E-state index contributed by atoms with van der Waals surface area (Å²) >= 11 is 0. The van der Waals surface area contributed by atoms with E-state index in [0.717, 1.165) is 11.4 Å². The van der Waals surface area contributed by atoms with E-state index in [9.17, 15) is 0 Å². The van der Waals surface area contributed by atoms with Gasteiger partial charge in [-0.1, -0.05) is 30.3 Å². The van der Waals surface area contributed by atoms with Gasteiger partial charge in [0.2, 0.25) is 0 Å². The molecule has 314 valence electrons. The molecule has 5 aromatic carbocycles. The Hall–Kier alpha value is -4.40. The average molecular weight is 813 g/mol. The molecule has 6 aliphatic heterocycles. The van der Waals surface area contributed by atoms with Gasteiger partial charge >= 0.3 is 0 Å². The van der Waals surface area contributed by atoms with Crippen molar-refractivity contribution in [2.24, 2.45) is 0 Å². The van der Waals surface area contributed by atoms with Gasteiger partial charge in [-0.15, -0.1) is 0 Å². The fourth-order valence-electron chi connectivity index (χ4n) is 13.0. The van der Waals surface area contributed by atoms with Crippen molar-refractivity contribution in [1.29, 1.82) is 0 Å². The summed E-state index contributed by atoms with van der Waals surface area (Å²) in [6, 6.07) is 30.8. The minimum absolute atomic E-state index is 0.0559. The van der Waals surface area contributed by atoms with Crippen molar-refractivity contribution >= 4 is 57.2 Å². The summed E-state index contributed by atoms with van der Waals surface area (Å²) in [5.41, 5.74) is 17.2. The van der Waals surface area contributed by atoms with Crippen molar-refractivity contribution in [3.8, 4) is 0 Å². The zero-order valence-corrected chi connectivity index (χ0v) is 39.1. The summed E-state index contributed by atoms with van der Waals surface area (Å²) in [5, 5.41) is 0. The van der Waals surface area contributed by atoms with Crippen LogP contribution in [0.3, 0.4) is 0 Å². The van der Waals surface area contributed by atoms with Gasteiger partial charge in [-0.05, 0) is 220 Å². The predicted molar refractivity (Wildman–Crippen MR) is 249 cm³/mol. The smallest absolute Gasteiger partial charge is 0.252 e. The topological polar surface area (TPSA) is 43.4 Å². The zero-order valence-electron chi connectivity index (χ0n) is 39.1. The normalized spacial score (nSPS) is 23.4. The molecule has 0 bridgehead atoms. The molecule has 0 saturated carbocycles. The van der Waals surface area contributed by atoms with E-state index in [-0.39, 0.29) is 17.9 Å². The van der Waals surface area contributed by atoms with E-state index < -0.39 is 33.6 Å². The minimum atomic E-state index is -0.465.